The van der Waals surface area contributed by atoms with Crippen LogP contribution in [0.5, 0.6) is 17.2 Å². The lowest BCUT2D eigenvalue weighted by molar-refractivity contribution is 0.355. The molecule has 0 unspecified atom stereocenters. The lowest BCUT2D eigenvalue weighted by atomic mass is 10.1. The zero-order valence-electron chi connectivity index (χ0n) is 15.6. The van der Waals surface area contributed by atoms with Crippen LogP contribution < -0.4 is 14.2 Å². The van der Waals surface area contributed by atoms with Gasteiger partial charge in [0.15, 0.2) is 17.3 Å². The van der Waals surface area contributed by atoms with Gasteiger partial charge in [-0.3, -0.25) is 5.10 Å². The maximum absolute atomic E-state index is 6.25. The Morgan fingerprint density at radius 3 is 2.54 bits per heavy atom. The number of H-pyrrole nitrogens is 1. The minimum Gasteiger partial charge on any atom is -0.497 e. The Bertz CT molecular complexity index is 1040. The van der Waals surface area contributed by atoms with E-state index in [9.17, 15) is 0 Å². The molecule has 0 saturated heterocycles. The Kier molecular flexibility index (Phi) is 6.33. The van der Waals surface area contributed by atoms with Gasteiger partial charge in [-0.15, -0.1) is 0 Å². The summed E-state index contributed by atoms with van der Waals surface area (Å²) in [6.45, 7) is 0. The molecule has 3 aromatic rings. The Balaban J connectivity index is 1.87. The highest BCUT2D eigenvalue weighted by atomic mass is 35.5. The quantitative estimate of drug-likeness (QED) is 0.462. The standard InChI is InChI=1S/C19H19ClN4O3S/c1-25-14-6-4-12(5-7-14)10-17-22-23-19(28)24(17)21-11-13-8-15(20)18(27-3)16(9-13)26-2/h4-9,11H,10H2,1-3H3,(H,23,28)/b21-11-. The van der Waals surface area contributed by atoms with Crippen molar-refractivity contribution in [3.05, 3.63) is 63.1 Å². The Hall–Kier alpha value is -2.84. The minimum atomic E-state index is 0.395. The normalized spacial score (nSPS) is 11.0. The molecule has 7 nitrogen and oxygen atoms in total. The number of aromatic amines is 1. The smallest absolute Gasteiger partial charge is 0.216 e. The third-order valence-corrected chi connectivity index (χ3v) is 4.56. The Morgan fingerprint density at radius 1 is 1.14 bits per heavy atom. The van der Waals surface area contributed by atoms with E-state index in [0.717, 1.165) is 16.9 Å². The van der Waals surface area contributed by atoms with Crippen molar-refractivity contribution in [2.24, 2.45) is 5.10 Å². The summed E-state index contributed by atoms with van der Waals surface area (Å²) in [5.41, 5.74) is 1.79. The van der Waals surface area contributed by atoms with Crippen LogP contribution in [0.3, 0.4) is 0 Å². The van der Waals surface area contributed by atoms with E-state index in [1.807, 2.05) is 24.3 Å². The number of hydrogen-bond acceptors (Lipinski definition) is 6. The first kappa shape index (κ1) is 19.9. The molecule has 1 N–H and O–H groups in total. The van der Waals surface area contributed by atoms with Gasteiger partial charge in [-0.2, -0.15) is 14.9 Å². The second kappa shape index (κ2) is 8.90. The van der Waals surface area contributed by atoms with Crippen LogP contribution >= 0.6 is 23.8 Å². The van der Waals surface area contributed by atoms with Gasteiger partial charge >= 0.3 is 0 Å². The summed E-state index contributed by atoms with van der Waals surface area (Å²) >= 11 is 11.5. The maximum Gasteiger partial charge on any atom is 0.216 e. The molecule has 146 valence electrons. The van der Waals surface area contributed by atoms with Crippen LogP contribution in [0.2, 0.25) is 5.02 Å². The molecule has 2 aromatic carbocycles. The Labute approximate surface area is 172 Å². The van der Waals surface area contributed by atoms with Crippen LogP contribution in [0, 0.1) is 4.77 Å². The van der Waals surface area contributed by atoms with Crippen LogP contribution in [-0.2, 0) is 6.42 Å². The van der Waals surface area contributed by atoms with E-state index in [-0.39, 0.29) is 0 Å². The maximum atomic E-state index is 6.25. The second-order valence-corrected chi connectivity index (χ2v) is 6.56. The Morgan fingerprint density at radius 2 is 1.89 bits per heavy atom. The summed E-state index contributed by atoms with van der Waals surface area (Å²) in [6, 6.07) is 11.3. The van der Waals surface area contributed by atoms with Gasteiger partial charge in [0, 0.05) is 6.42 Å². The van der Waals surface area contributed by atoms with E-state index in [4.69, 9.17) is 38.0 Å². The molecule has 1 aromatic heterocycles. The van der Waals surface area contributed by atoms with Crippen LogP contribution in [0.4, 0.5) is 0 Å². The van der Waals surface area contributed by atoms with E-state index >= 15 is 0 Å². The van der Waals surface area contributed by atoms with Crippen molar-refractivity contribution in [2.45, 2.75) is 6.42 Å². The predicted octanol–water partition coefficient (Wildman–Crippen LogP) is 4.09. The largest absolute Gasteiger partial charge is 0.497 e. The molecule has 0 aliphatic heterocycles. The fraction of sp³-hybridized carbons (Fsp3) is 0.211. The first-order chi connectivity index (χ1) is 13.5. The van der Waals surface area contributed by atoms with Gasteiger partial charge in [-0.05, 0) is 47.6 Å². The number of rotatable bonds is 7. The van der Waals surface area contributed by atoms with E-state index in [0.29, 0.717) is 33.5 Å². The number of benzene rings is 2. The summed E-state index contributed by atoms with van der Waals surface area (Å²) in [4.78, 5) is 0. The summed E-state index contributed by atoms with van der Waals surface area (Å²) in [6.07, 6.45) is 2.19. The van der Waals surface area contributed by atoms with Gasteiger partial charge in [-0.25, -0.2) is 0 Å². The van der Waals surface area contributed by atoms with Crippen LogP contribution in [0.15, 0.2) is 41.5 Å². The fourth-order valence-electron chi connectivity index (χ4n) is 2.62. The number of halogens is 1. The van der Waals surface area contributed by atoms with Crippen molar-refractivity contribution in [1.29, 1.82) is 0 Å². The SMILES string of the molecule is COc1ccc(Cc2n[nH]c(=S)n2/N=C\c2cc(Cl)c(OC)c(OC)c2)cc1. The molecular weight excluding hydrogens is 400 g/mol. The third kappa shape index (κ3) is 4.35. The molecule has 0 atom stereocenters. The first-order valence-corrected chi connectivity index (χ1v) is 9.09. The number of hydrogen-bond donors (Lipinski definition) is 1. The van der Waals surface area contributed by atoms with Gasteiger partial charge in [0.1, 0.15) is 5.75 Å². The molecule has 28 heavy (non-hydrogen) atoms. The van der Waals surface area contributed by atoms with Gasteiger partial charge in [0.2, 0.25) is 4.77 Å². The zero-order valence-corrected chi connectivity index (χ0v) is 17.2. The van der Waals surface area contributed by atoms with E-state index < -0.39 is 0 Å². The number of aromatic nitrogens is 3. The van der Waals surface area contributed by atoms with E-state index in [2.05, 4.69) is 15.3 Å². The molecule has 0 fully saturated rings. The van der Waals surface area contributed by atoms with Crippen molar-refractivity contribution in [3.8, 4) is 17.2 Å². The molecule has 1 heterocycles. The molecule has 0 saturated carbocycles. The number of ether oxygens (including phenoxy) is 3. The highest BCUT2D eigenvalue weighted by Gasteiger charge is 2.11. The van der Waals surface area contributed by atoms with Crippen molar-refractivity contribution in [1.82, 2.24) is 14.9 Å². The molecule has 0 radical (unpaired) electrons. The second-order valence-electron chi connectivity index (χ2n) is 5.76. The average Bonchev–Trinajstić information content (AvgIpc) is 3.05. The van der Waals surface area contributed by atoms with Crippen molar-refractivity contribution in [3.63, 3.8) is 0 Å². The lowest BCUT2D eigenvalue weighted by Gasteiger charge is -2.10. The van der Waals surface area contributed by atoms with Crippen molar-refractivity contribution < 1.29 is 14.2 Å². The highest BCUT2D eigenvalue weighted by molar-refractivity contribution is 7.71. The molecule has 9 heteroatoms. The summed E-state index contributed by atoms with van der Waals surface area (Å²) < 4.78 is 17.7. The van der Waals surface area contributed by atoms with E-state index in [1.165, 1.54) is 7.11 Å². The summed E-state index contributed by atoms with van der Waals surface area (Å²) in [7, 11) is 4.72. The summed E-state index contributed by atoms with van der Waals surface area (Å²) in [5.74, 6) is 2.47. The number of nitrogens with one attached hydrogen (secondary N) is 1. The average molecular weight is 419 g/mol. The predicted molar refractivity (Wildman–Crippen MR) is 111 cm³/mol. The third-order valence-electron chi connectivity index (χ3n) is 4.02. The van der Waals surface area contributed by atoms with Crippen molar-refractivity contribution in [2.75, 3.05) is 21.3 Å². The molecular formula is C19H19ClN4O3S. The number of methoxy groups -OCH3 is 3. The molecule has 0 bridgehead atoms. The van der Waals surface area contributed by atoms with Crippen LogP contribution in [0.1, 0.15) is 17.0 Å². The van der Waals surface area contributed by atoms with Gasteiger partial charge in [0.25, 0.3) is 0 Å². The molecule has 0 amide bonds. The van der Waals surface area contributed by atoms with Gasteiger partial charge in [-0.1, -0.05) is 23.7 Å². The zero-order chi connectivity index (χ0) is 20.1. The first-order valence-electron chi connectivity index (χ1n) is 8.30. The molecule has 0 aliphatic rings. The van der Waals surface area contributed by atoms with Crippen LogP contribution in [-0.4, -0.2) is 42.4 Å². The monoisotopic (exact) mass is 418 g/mol. The van der Waals surface area contributed by atoms with E-state index in [1.54, 1.807) is 37.2 Å². The highest BCUT2D eigenvalue weighted by Crippen LogP contribution is 2.35. The number of nitrogens with zero attached hydrogens (tertiary/aromatic N) is 3. The molecule has 0 aliphatic carbocycles. The molecule has 0 spiro atoms. The topological polar surface area (TPSA) is 73.7 Å². The van der Waals surface area contributed by atoms with Gasteiger partial charge < -0.3 is 14.2 Å². The minimum absolute atomic E-state index is 0.395. The van der Waals surface area contributed by atoms with Crippen LogP contribution in [0.25, 0.3) is 0 Å². The fourth-order valence-corrected chi connectivity index (χ4v) is 3.11. The van der Waals surface area contributed by atoms with Gasteiger partial charge in [0.05, 0.1) is 32.6 Å². The summed E-state index contributed by atoms with van der Waals surface area (Å²) in [5, 5.41) is 11.9. The lowest BCUT2D eigenvalue weighted by Crippen LogP contribution is -2.01. The molecule has 3 rings (SSSR count). The van der Waals surface area contributed by atoms with Crippen molar-refractivity contribution >= 4 is 30.0 Å².